The molecule has 6 heteroatoms. The second-order valence-electron chi connectivity index (χ2n) is 19.2. The van der Waals surface area contributed by atoms with Crippen LogP contribution in [0.1, 0.15) is 278 Å². The van der Waals surface area contributed by atoms with Crippen molar-refractivity contribution in [3.63, 3.8) is 0 Å². The minimum Gasteiger partial charge on any atom is -0.462 e. The number of carbonyl (C=O) groups is 3. The molecule has 0 bridgehead atoms. The van der Waals surface area contributed by atoms with Crippen LogP contribution in [-0.4, -0.2) is 37.2 Å². The van der Waals surface area contributed by atoms with Gasteiger partial charge in [-0.15, -0.1) is 0 Å². The molecule has 0 aliphatic carbocycles. The summed E-state index contributed by atoms with van der Waals surface area (Å²) in [5.74, 6) is -0.924. The van der Waals surface area contributed by atoms with Gasteiger partial charge in [0, 0.05) is 19.3 Å². The van der Waals surface area contributed by atoms with E-state index in [2.05, 4.69) is 106 Å². The third-order valence-electron chi connectivity index (χ3n) is 12.4. The molecule has 0 rings (SSSR count). The third kappa shape index (κ3) is 55.4. The Kier molecular flexibility index (Phi) is 54.3. The lowest BCUT2D eigenvalue weighted by atomic mass is 10.0. The zero-order valence-electron chi connectivity index (χ0n) is 45.3. The molecule has 6 nitrogen and oxygen atoms in total. The third-order valence-corrected chi connectivity index (χ3v) is 12.4. The van der Waals surface area contributed by atoms with Crippen LogP contribution in [0.3, 0.4) is 0 Å². The van der Waals surface area contributed by atoms with E-state index < -0.39 is 6.10 Å². The Morgan fingerprint density at radius 2 is 0.565 bits per heavy atom. The second-order valence-corrected chi connectivity index (χ2v) is 19.2. The smallest absolute Gasteiger partial charge is 0.306 e. The summed E-state index contributed by atoms with van der Waals surface area (Å²) in [4.78, 5) is 37.9. The highest BCUT2D eigenvalue weighted by Gasteiger charge is 2.19. The first kappa shape index (κ1) is 65.6. The first-order valence-corrected chi connectivity index (χ1v) is 29.1. The molecule has 0 N–H and O–H groups in total. The maximum atomic E-state index is 12.8. The number of esters is 3. The topological polar surface area (TPSA) is 78.9 Å². The van der Waals surface area contributed by atoms with Crippen molar-refractivity contribution in [3.05, 3.63) is 85.1 Å². The summed E-state index contributed by atoms with van der Waals surface area (Å²) in [6.45, 7) is 6.46. The Morgan fingerprint density at radius 1 is 0.304 bits per heavy atom. The standard InChI is InChI=1S/C63H108O6/c1-4-7-10-13-16-18-20-22-24-26-28-29-30-31-32-33-35-36-38-40-42-44-47-50-53-56-62(65)68-59-60(58-67-61(64)55-52-49-46-15-12-9-6-3)69-63(66)57-54-51-48-45-43-41-39-37-34-27-25-23-21-19-17-14-11-8-5-2/h8,11,17,19-20,22-23,25-26,28,34,37,41,43,60H,4-7,9-10,12-16,18,21,24,27,29-33,35-36,38-40,42,44-59H2,1-3H3/b11-8-,19-17-,22-20-,25-23-,28-26-,37-34-,43-41-. The van der Waals surface area contributed by atoms with Crippen LogP contribution >= 0.6 is 0 Å². The molecule has 0 fully saturated rings. The number of unbranched alkanes of at least 4 members (excludes halogenated alkanes) is 27. The summed E-state index contributed by atoms with van der Waals surface area (Å²) in [6, 6.07) is 0. The molecule has 0 aromatic rings. The lowest BCUT2D eigenvalue weighted by molar-refractivity contribution is -0.167. The monoisotopic (exact) mass is 961 g/mol. The maximum absolute atomic E-state index is 12.8. The van der Waals surface area contributed by atoms with Crippen molar-refractivity contribution in [2.24, 2.45) is 0 Å². The highest BCUT2D eigenvalue weighted by atomic mass is 16.6. The van der Waals surface area contributed by atoms with Gasteiger partial charge in [-0.3, -0.25) is 14.4 Å². The van der Waals surface area contributed by atoms with Crippen LogP contribution < -0.4 is 0 Å². The Hall–Kier alpha value is -3.41. The zero-order chi connectivity index (χ0) is 50.0. The highest BCUT2D eigenvalue weighted by Crippen LogP contribution is 2.15. The van der Waals surface area contributed by atoms with Crippen LogP contribution in [-0.2, 0) is 28.6 Å². The Balaban J connectivity index is 4.21. The first-order valence-electron chi connectivity index (χ1n) is 29.1. The fourth-order valence-electron chi connectivity index (χ4n) is 8.03. The molecule has 69 heavy (non-hydrogen) atoms. The van der Waals surface area contributed by atoms with Gasteiger partial charge in [-0.1, -0.05) is 247 Å². The van der Waals surface area contributed by atoms with Gasteiger partial charge in [-0.2, -0.15) is 0 Å². The van der Waals surface area contributed by atoms with E-state index in [9.17, 15) is 14.4 Å². The summed E-state index contributed by atoms with van der Waals surface area (Å²) in [5.41, 5.74) is 0. The van der Waals surface area contributed by atoms with Gasteiger partial charge in [0.15, 0.2) is 6.10 Å². The van der Waals surface area contributed by atoms with Crippen LogP contribution in [0.25, 0.3) is 0 Å². The SMILES string of the molecule is CC/C=C\C/C=C\C/C=C\C/C=C\C/C=C\CCCCCC(=O)OC(COC(=O)CCCCCCCCC)COC(=O)CCCCCCCCCCCCCCC/C=C\C/C=C\CCCCCCC. The van der Waals surface area contributed by atoms with E-state index in [0.29, 0.717) is 19.3 Å². The lowest BCUT2D eigenvalue weighted by Crippen LogP contribution is -2.30. The van der Waals surface area contributed by atoms with Gasteiger partial charge in [0.1, 0.15) is 13.2 Å². The van der Waals surface area contributed by atoms with Crippen molar-refractivity contribution in [2.45, 2.75) is 284 Å². The summed E-state index contributed by atoms with van der Waals surface area (Å²) >= 11 is 0. The average molecular weight is 962 g/mol. The van der Waals surface area contributed by atoms with Crippen LogP contribution in [0, 0.1) is 0 Å². The summed E-state index contributed by atoms with van der Waals surface area (Å²) in [6.07, 6.45) is 74.6. The van der Waals surface area contributed by atoms with Gasteiger partial charge in [0.05, 0.1) is 0 Å². The minimum absolute atomic E-state index is 0.0891. The molecule has 0 amide bonds. The predicted molar refractivity (Wildman–Crippen MR) is 297 cm³/mol. The molecule has 1 unspecified atom stereocenters. The molecule has 0 saturated carbocycles. The first-order chi connectivity index (χ1) is 34.0. The molecule has 0 aromatic heterocycles. The molecular weight excluding hydrogens is 853 g/mol. The van der Waals surface area contributed by atoms with Gasteiger partial charge in [-0.25, -0.2) is 0 Å². The van der Waals surface area contributed by atoms with Crippen molar-refractivity contribution >= 4 is 17.9 Å². The maximum Gasteiger partial charge on any atom is 0.306 e. The van der Waals surface area contributed by atoms with E-state index in [0.717, 1.165) is 103 Å². The molecule has 396 valence electrons. The number of hydrogen-bond acceptors (Lipinski definition) is 6. The zero-order valence-corrected chi connectivity index (χ0v) is 45.3. The minimum atomic E-state index is -0.791. The van der Waals surface area contributed by atoms with Crippen LogP contribution in [0.2, 0.25) is 0 Å². The van der Waals surface area contributed by atoms with Gasteiger partial charge < -0.3 is 14.2 Å². The Bertz CT molecular complexity index is 1330. The largest absolute Gasteiger partial charge is 0.462 e. The van der Waals surface area contributed by atoms with E-state index in [1.165, 1.54) is 135 Å². The molecule has 0 saturated heterocycles. The quantitative estimate of drug-likeness (QED) is 0.0262. The van der Waals surface area contributed by atoms with Crippen LogP contribution in [0.5, 0.6) is 0 Å². The molecule has 0 spiro atoms. The van der Waals surface area contributed by atoms with E-state index in [4.69, 9.17) is 14.2 Å². The normalized spacial score (nSPS) is 12.7. The summed E-state index contributed by atoms with van der Waals surface area (Å²) in [5, 5.41) is 0. The van der Waals surface area contributed by atoms with Crippen molar-refractivity contribution in [2.75, 3.05) is 13.2 Å². The lowest BCUT2D eigenvalue weighted by Gasteiger charge is -2.18. The highest BCUT2D eigenvalue weighted by molar-refractivity contribution is 5.71. The van der Waals surface area contributed by atoms with Crippen molar-refractivity contribution in [1.82, 2.24) is 0 Å². The number of rotatable bonds is 52. The van der Waals surface area contributed by atoms with Crippen molar-refractivity contribution in [1.29, 1.82) is 0 Å². The van der Waals surface area contributed by atoms with Gasteiger partial charge in [-0.05, 0) is 96.3 Å². The average Bonchev–Trinajstić information content (AvgIpc) is 3.35. The van der Waals surface area contributed by atoms with E-state index in [-0.39, 0.29) is 31.1 Å². The molecule has 0 aliphatic rings. The number of hydrogen-bond donors (Lipinski definition) is 0. The van der Waals surface area contributed by atoms with E-state index >= 15 is 0 Å². The summed E-state index contributed by atoms with van der Waals surface area (Å²) in [7, 11) is 0. The molecule has 1 atom stereocenters. The molecule has 0 aliphatic heterocycles. The van der Waals surface area contributed by atoms with Crippen LogP contribution in [0.15, 0.2) is 85.1 Å². The molecule has 0 heterocycles. The van der Waals surface area contributed by atoms with Gasteiger partial charge >= 0.3 is 17.9 Å². The van der Waals surface area contributed by atoms with Gasteiger partial charge in [0.2, 0.25) is 0 Å². The fourth-order valence-corrected chi connectivity index (χ4v) is 8.03. The van der Waals surface area contributed by atoms with Crippen molar-refractivity contribution < 1.29 is 28.6 Å². The summed E-state index contributed by atoms with van der Waals surface area (Å²) < 4.78 is 16.8. The Labute approximate surface area is 426 Å². The number of ether oxygens (including phenoxy) is 3. The number of carbonyl (C=O) groups excluding carboxylic acids is 3. The van der Waals surface area contributed by atoms with E-state index in [1.54, 1.807) is 0 Å². The van der Waals surface area contributed by atoms with E-state index in [1.807, 2.05) is 0 Å². The predicted octanol–water partition coefficient (Wildman–Crippen LogP) is 19.5. The molecule has 0 radical (unpaired) electrons. The fraction of sp³-hybridized carbons (Fsp3) is 0.730. The number of allylic oxidation sites excluding steroid dienone is 14. The van der Waals surface area contributed by atoms with Gasteiger partial charge in [0.25, 0.3) is 0 Å². The molecule has 0 aromatic carbocycles. The second kappa shape index (κ2) is 57.2. The van der Waals surface area contributed by atoms with Crippen molar-refractivity contribution in [3.8, 4) is 0 Å². The Morgan fingerprint density at radius 3 is 0.899 bits per heavy atom. The van der Waals surface area contributed by atoms with Crippen LogP contribution in [0.4, 0.5) is 0 Å². The molecular formula is C63H108O6.